The zero-order valence-corrected chi connectivity index (χ0v) is 9.73. The molecule has 0 saturated heterocycles. The second-order valence-electron chi connectivity index (χ2n) is 3.64. The van der Waals surface area contributed by atoms with Crippen LogP contribution in [0.4, 0.5) is 0 Å². The monoisotopic (exact) mass is 222 g/mol. The number of hydrogen-bond acceptors (Lipinski definition) is 3. The predicted octanol–water partition coefficient (Wildman–Crippen LogP) is 2.27. The van der Waals surface area contributed by atoms with Crippen molar-refractivity contribution in [3.8, 4) is 5.75 Å². The average molecular weight is 222 g/mol. The highest BCUT2D eigenvalue weighted by atomic mass is 16.5. The lowest BCUT2D eigenvalue weighted by Crippen LogP contribution is -2.15. The van der Waals surface area contributed by atoms with Gasteiger partial charge in [0.15, 0.2) is 5.84 Å². The van der Waals surface area contributed by atoms with Gasteiger partial charge < -0.3 is 15.7 Å². The standard InChI is InChI=1S/C12H18N2O2/c1-3-4-8-16-11-9(2)6-5-7-10(11)12(13)14-15/h5-7,15H,3-4,8H2,1-2H3,(H2,13,14). The highest BCUT2D eigenvalue weighted by molar-refractivity contribution is 5.99. The highest BCUT2D eigenvalue weighted by Gasteiger charge is 2.10. The molecular weight excluding hydrogens is 204 g/mol. The fourth-order valence-corrected chi connectivity index (χ4v) is 1.42. The summed E-state index contributed by atoms with van der Waals surface area (Å²) in [4.78, 5) is 0. The zero-order valence-electron chi connectivity index (χ0n) is 9.73. The number of nitrogens with zero attached hydrogens (tertiary/aromatic N) is 1. The van der Waals surface area contributed by atoms with Gasteiger partial charge in [-0.05, 0) is 25.0 Å². The Morgan fingerprint density at radius 2 is 2.25 bits per heavy atom. The van der Waals surface area contributed by atoms with E-state index in [0.717, 1.165) is 18.4 Å². The Morgan fingerprint density at radius 3 is 2.88 bits per heavy atom. The Labute approximate surface area is 95.7 Å². The molecule has 0 radical (unpaired) electrons. The largest absolute Gasteiger partial charge is 0.493 e. The van der Waals surface area contributed by atoms with Gasteiger partial charge in [-0.25, -0.2) is 0 Å². The lowest BCUT2D eigenvalue weighted by atomic mass is 10.1. The van der Waals surface area contributed by atoms with Gasteiger partial charge in [0.1, 0.15) is 5.75 Å². The number of aryl methyl sites for hydroxylation is 1. The van der Waals surface area contributed by atoms with Gasteiger partial charge in [0, 0.05) is 0 Å². The summed E-state index contributed by atoms with van der Waals surface area (Å²) in [7, 11) is 0. The SMILES string of the molecule is CCCCOc1c(C)cccc1/C(N)=N/O. The number of para-hydroxylation sites is 1. The van der Waals surface area contributed by atoms with Crippen LogP contribution in [-0.4, -0.2) is 17.6 Å². The fraction of sp³-hybridized carbons (Fsp3) is 0.417. The van der Waals surface area contributed by atoms with Gasteiger partial charge in [0.05, 0.1) is 12.2 Å². The first-order valence-electron chi connectivity index (χ1n) is 5.41. The van der Waals surface area contributed by atoms with E-state index < -0.39 is 0 Å². The maximum Gasteiger partial charge on any atom is 0.173 e. The van der Waals surface area contributed by atoms with Crippen molar-refractivity contribution < 1.29 is 9.94 Å². The lowest BCUT2D eigenvalue weighted by Gasteiger charge is -2.12. The molecule has 0 aliphatic rings. The number of rotatable bonds is 5. The van der Waals surface area contributed by atoms with Crippen LogP contribution in [0.1, 0.15) is 30.9 Å². The minimum absolute atomic E-state index is 0.0789. The lowest BCUT2D eigenvalue weighted by molar-refractivity contribution is 0.304. The van der Waals surface area contributed by atoms with E-state index in [4.69, 9.17) is 15.7 Å². The molecule has 1 rings (SSSR count). The van der Waals surface area contributed by atoms with E-state index >= 15 is 0 Å². The summed E-state index contributed by atoms with van der Waals surface area (Å²) in [6, 6.07) is 5.58. The molecule has 0 amide bonds. The Kier molecular flexibility index (Phi) is 4.64. The first kappa shape index (κ1) is 12.4. The van der Waals surface area contributed by atoms with Crippen LogP contribution in [0.25, 0.3) is 0 Å². The smallest absolute Gasteiger partial charge is 0.173 e. The summed E-state index contributed by atoms with van der Waals surface area (Å²) in [5, 5.41) is 11.7. The molecule has 1 aromatic carbocycles. The van der Waals surface area contributed by atoms with Crippen LogP contribution in [0.2, 0.25) is 0 Å². The number of benzene rings is 1. The van der Waals surface area contributed by atoms with E-state index in [1.807, 2.05) is 19.1 Å². The van der Waals surface area contributed by atoms with E-state index in [9.17, 15) is 0 Å². The number of nitrogens with two attached hydrogens (primary N) is 1. The van der Waals surface area contributed by atoms with Crippen molar-refractivity contribution in [2.24, 2.45) is 10.9 Å². The molecule has 16 heavy (non-hydrogen) atoms. The molecule has 0 spiro atoms. The van der Waals surface area contributed by atoms with E-state index in [2.05, 4.69) is 12.1 Å². The predicted molar refractivity (Wildman–Crippen MR) is 64.1 cm³/mol. The normalized spacial score (nSPS) is 11.5. The van der Waals surface area contributed by atoms with Crippen LogP contribution in [0.15, 0.2) is 23.4 Å². The second kappa shape index (κ2) is 6.00. The molecule has 0 saturated carbocycles. The molecule has 1 aromatic rings. The minimum atomic E-state index is 0.0789. The molecule has 0 heterocycles. The summed E-state index contributed by atoms with van der Waals surface area (Å²) in [6.07, 6.45) is 2.06. The second-order valence-corrected chi connectivity index (χ2v) is 3.64. The molecule has 0 bridgehead atoms. The zero-order chi connectivity index (χ0) is 12.0. The molecule has 88 valence electrons. The van der Waals surface area contributed by atoms with Crippen molar-refractivity contribution in [1.82, 2.24) is 0 Å². The maximum atomic E-state index is 8.68. The molecule has 0 aliphatic carbocycles. The molecule has 3 N–H and O–H groups in total. The molecule has 4 nitrogen and oxygen atoms in total. The summed E-state index contributed by atoms with van der Waals surface area (Å²) in [5.41, 5.74) is 7.21. The minimum Gasteiger partial charge on any atom is -0.493 e. The van der Waals surface area contributed by atoms with Crippen LogP contribution in [0.5, 0.6) is 5.75 Å². The van der Waals surface area contributed by atoms with Gasteiger partial charge >= 0.3 is 0 Å². The number of unbranched alkanes of at least 4 members (excludes halogenated alkanes) is 1. The summed E-state index contributed by atoms with van der Waals surface area (Å²) >= 11 is 0. The Bertz CT molecular complexity index is 375. The Hall–Kier alpha value is -1.71. The van der Waals surface area contributed by atoms with Crippen LogP contribution in [0, 0.1) is 6.92 Å². The first-order chi connectivity index (χ1) is 7.70. The highest BCUT2D eigenvalue weighted by Crippen LogP contribution is 2.23. The van der Waals surface area contributed by atoms with E-state index in [1.54, 1.807) is 6.07 Å². The first-order valence-corrected chi connectivity index (χ1v) is 5.41. The number of amidine groups is 1. The van der Waals surface area contributed by atoms with Crippen LogP contribution in [0.3, 0.4) is 0 Å². The molecule has 0 unspecified atom stereocenters. The fourth-order valence-electron chi connectivity index (χ4n) is 1.42. The van der Waals surface area contributed by atoms with Gasteiger partial charge in [-0.2, -0.15) is 0 Å². The van der Waals surface area contributed by atoms with Crippen LogP contribution in [-0.2, 0) is 0 Å². The van der Waals surface area contributed by atoms with Crippen LogP contribution < -0.4 is 10.5 Å². The van der Waals surface area contributed by atoms with Gasteiger partial charge in [-0.1, -0.05) is 30.6 Å². The third kappa shape index (κ3) is 2.89. The van der Waals surface area contributed by atoms with Crippen molar-refractivity contribution in [3.63, 3.8) is 0 Å². The van der Waals surface area contributed by atoms with Crippen molar-refractivity contribution in [1.29, 1.82) is 0 Å². The molecule has 0 fully saturated rings. The van der Waals surface area contributed by atoms with Gasteiger partial charge in [-0.15, -0.1) is 0 Å². The van der Waals surface area contributed by atoms with Crippen molar-refractivity contribution in [3.05, 3.63) is 29.3 Å². The molecular formula is C12H18N2O2. The Morgan fingerprint density at radius 1 is 1.50 bits per heavy atom. The molecule has 0 atom stereocenters. The van der Waals surface area contributed by atoms with E-state index in [1.165, 1.54) is 0 Å². The number of ether oxygens (including phenoxy) is 1. The summed E-state index contributed by atoms with van der Waals surface area (Å²) < 4.78 is 5.66. The van der Waals surface area contributed by atoms with Gasteiger partial charge in [-0.3, -0.25) is 0 Å². The maximum absolute atomic E-state index is 8.68. The van der Waals surface area contributed by atoms with Gasteiger partial charge in [0.2, 0.25) is 0 Å². The van der Waals surface area contributed by atoms with E-state index in [-0.39, 0.29) is 5.84 Å². The van der Waals surface area contributed by atoms with E-state index in [0.29, 0.717) is 17.9 Å². The van der Waals surface area contributed by atoms with Crippen molar-refractivity contribution >= 4 is 5.84 Å². The van der Waals surface area contributed by atoms with Crippen LogP contribution >= 0.6 is 0 Å². The number of oxime groups is 1. The van der Waals surface area contributed by atoms with Crippen molar-refractivity contribution in [2.45, 2.75) is 26.7 Å². The third-order valence-corrected chi connectivity index (χ3v) is 2.34. The number of hydrogen-bond donors (Lipinski definition) is 2. The summed E-state index contributed by atoms with van der Waals surface area (Å²) in [5.74, 6) is 0.779. The van der Waals surface area contributed by atoms with Gasteiger partial charge in [0.25, 0.3) is 0 Å². The third-order valence-electron chi connectivity index (χ3n) is 2.34. The molecule has 0 aliphatic heterocycles. The Balaban J connectivity index is 2.95. The molecule has 4 heteroatoms. The topological polar surface area (TPSA) is 67.8 Å². The van der Waals surface area contributed by atoms with Crippen molar-refractivity contribution in [2.75, 3.05) is 6.61 Å². The summed E-state index contributed by atoms with van der Waals surface area (Å²) in [6.45, 7) is 4.69. The molecule has 0 aromatic heterocycles. The quantitative estimate of drug-likeness (QED) is 0.264. The average Bonchev–Trinajstić information content (AvgIpc) is 2.30.